The molecule has 0 bridgehead atoms. The first-order valence-electron chi connectivity index (χ1n) is 15.2. The van der Waals surface area contributed by atoms with E-state index < -0.39 is 0 Å². The number of hydrogen-bond donors (Lipinski definition) is 0. The summed E-state index contributed by atoms with van der Waals surface area (Å²) in [4.78, 5) is 12.2. The molecule has 46 heavy (non-hydrogen) atoms. The molecule has 9 rings (SSSR count). The van der Waals surface area contributed by atoms with Crippen LogP contribution in [0, 0.1) is 6.07 Å². The number of para-hydroxylation sites is 3. The molecule has 3 aromatic heterocycles. The quantitative estimate of drug-likeness (QED) is 0.133. The van der Waals surface area contributed by atoms with Crippen LogP contribution in [0.25, 0.3) is 44.1 Å². The molecule has 0 amide bonds. The Morgan fingerprint density at radius 1 is 0.783 bits per heavy atom. The van der Waals surface area contributed by atoms with Gasteiger partial charge in [-0.3, -0.25) is 4.57 Å². The van der Waals surface area contributed by atoms with Crippen LogP contribution in [0.2, 0.25) is 0 Å². The van der Waals surface area contributed by atoms with Crippen LogP contribution in [0.4, 0.5) is 17.1 Å². The molecule has 2 aliphatic rings. The van der Waals surface area contributed by atoms with E-state index in [4.69, 9.17) is 19.9 Å². The molecule has 0 aliphatic carbocycles. The maximum atomic E-state index is 6.47. The monoisotopic (exact) mass is 776 g/mol. The molecule has 0 unspecified atom stereocenters. The summed E-state index contributed by atoms with van der Waals surface area (Å²) in [5.74, 6) is 1.93. The maximum Gasteiger partial charge on any atom is 2.00 e. The van der Waals surface area contributed by atoms with Gasteiger partial charge in [-0.25, -0.2) is 4.98 Å². The molecule has 0 atom stereocenters. The minimum Gasteiger partial charge on any atom is -0.684 e. The van der Waals surface area contributed by atoms with Gasteiger partial charge < -0.3 is 14.8 Å². The smallest absolute Gasteiger partial charge is 0.684 e. The number of nitrogens with zero attached hydrogens (tertiary/aromatic N) is 5. The van der Waals surface area contributed by atoms with Gasteiger partial charge in [0.15, 0.2) is 12.6 Å². The summed E-state index contributed by atoms with van der Waals surface area (Å²) < 4.78 is 8.60. The summed E-state index contributed by atoms with van der Waals surface area (Å²) >= 11 is 0. The van der Waals surface area contributed by atoms with Crippen LogP contribution in [0.1, 0.15) is 26.3 Å². The molecule has 6 nitrogen and oxygen atoms in total. The third-order valence-electron chi connectivity index (χ3n) is 8.86. The van der Waals surface area contributed by atoms with Gasteiger partial charge in [0.2, 0.25) is 5.88 Å². The van der Waals surface area contributed by atoms with Crippen LogP contribution in [0.15, 0.2) is 115 Å². The summed E-state index contributed by atoms with van der Waals surface area (Å²) in [6, 6.07) is 41.1. The third kappa shape index (κ3) is 4.37. The van der Waals surface area contributed by atoms with Gasteiger partial charge in [-0.05, 0) is 47.4 Å². The van der Waals surface area contributed by atoms with Crippen LogP contribution in [-0.2, 0) is 26.5 Å². The fourth-order valence-corrected chi connectivity index (χ4v) is 6.68. The Balaban J connectivity index is 0.00000312. The molecule has 7 aromatic rings. The summed E-state index contributed by atoms with van der Waals surface area (Å²) in [6.45, 7) is 6.43. The van der Waals surface area contributed by atoms with Gasteiger partial charge in [0, 0.05) is 40.2 Å². The largest absolute Gasteiger partial charge is 2.00 e. The molecular weight excluding hydrogens is 748 g/mol. The summed E-state index contributed by atoms with van der Waals surface area (Å²) in [5, 5.41) is 7.28. The number of anilines is 2. The molecule has 8 heteroatoms. The average molecular weight is 777 g/mol. The van der Waals surface area contributed by atoms with E-state index >= 15 is 0 Å². The van der Waals surface area contributed by atoms with Gasteiger partial charge in [0.05, 0.1) is 5.52 Å². The molecule has 2 aliphatic heterocycles. The number of fused-ring (bicyclic) bond motifs is 11. The zero-order valence-corrected chi connectivity index (χ0v) is 27.8. The van der Waals surface area contributed by atoms with Crippen molar-refractivity contribution >= 4 is 51.4 Å². The zero-order valence-electron chi connectivity index (χ0n) is 25.5. The van der Waals surface area contributed by atoms with E-state index in [9.17, 15) is 0 Å². The Bertz CT molecular complexity index is 2310. The second kappa shape index (κ2) is 10.6. The van der Waals surface area contributed by atoms with Crippen molar-refractivity contribution in [3.05, 3.63) is 132 Å². The van der Waals surface area contributed by atoms with Gasteiger partial charge in [-0.15, -0.1) is 23.4 Å². The summed E-state index contributed by atoms with van der Waals surface area (Å²) in [6.07, 6.45) is 1.88. The SMILES string of the molecule is CC(C)(C)c1ccnc(-n2c3ccccc3c3ccc(Oc4[c-]c5c(cc4)-c4ccccc4N4B5[N-]c5ccccc54)nc32)c1.[Pt+2]. The van der Waals surface area contributed by atoms with E-state index in [-0.39, 0.29) is 33.5 Å². The Morgan fingerprint density at radius 2 is 1.57 bits per heavy atom. The molecule has 0 radical (unpaired) electrons. The standard InChI is InChI=1S/C38H28BN5O.Pt/c1-38(2,3)24-20-21-40-35(22-24)43-32-13-7-4-11-28(32)29-18-19-36(41-37(29)43)45-25-16-17-26-27-10-5-8-14-33(27)44-34-15-9-6-12-31(34)42-39(44)30(26)23-25;/h4-22H,1-3H3;/q-2;+2. The van der Waals surface area contributed by atoms with Crippen molar-refractivity contribution in [3.8, 4) is 28.6 Å². The maximum absolute atomic E-state index is 6.47. The Kier molecular flexibility index (Phi) is 6.59. The fraction of sp³-hybridized carbons (Fsp3) is 0.105. The number of aromatic nitrogens is 3. The van der Waals surface area contributed by atoms with Crippen LogP contribution >= 0.6 is 0 Å². The van der Waals surface area contributed by atoms with E-state index in [1.807, 2.05) is 24.4 Å². The van der Waals surface area contributed by atoms with Crippen LogP contribution in [-0.4, -0.2) is 21.5 Å². The molecule has 224 valence electrons. The van der Waals surface area contributed by atoms with Gasteiger partial charge >= 0.3 is 21.1 Å². The second-order valence-electron chi connectivity index (χ2n) is 12.7. The van der Waals surface area contributed by atoms with Gasteiger partial charge in [0.25, 0.3) is 0 Å². The Morgan fingerprint density at radius 3 is 2.43 bits per heavy atom. The number of benzene rings is 4. The number of ether oxygens (including phenoxy) is 1. The minimum absolute atomic E-state index is 0. The van der Waals surface area contributed by atoms with E-state index in [0.29, 0.717) is 11.6 Å². The molecule has 5 heterocycles. The predicted molar refractivity (Wildman–Crippen MR) is 183 cm³/mol. The van der Waals surface area contributed by atoms with Crippen molar-refractivity contribution in [2.75, 3.05) is 4.81 Å². The predicted octanol–water partition coefficient (Wildman–Crippen LogP) is 8.99. The summed E-state index contributed by atoms with van der Waals surface area (Å²) in [5.41, 5.74) is 9.54. The topological polar surface area (TPSA) is 57.3 Å². The minimum atomic E-state index is -0.213. The van der Waals surface area contributed by atoms with Crippen molar-refractivity contribution in [1.82, 2.24) is 14.5 Å². The molecule has 0 saturated carbocycles. The van der Waals surface area contributed by atoms with Crippen molar-refractivity contribution in [2.24, 2.45) is 0 Å². The first-order valence-corrected chi connectivity index (χ1v) is 15.2. The van der Waals surface area contributed by atoms with Gasteiger partial charge in [-0.2, -0.15) is 16.5 Å². The van der Waals surface area contributed by atoms with Gasteiger partial charge in [-0.1, -0.05) is 80.9 Å². The van der Waals surface area contributed by atoms with E-state index in [1.165, 1.54) is 5.56 Å². The molecule has 0 N–H and O–H groups in total. The second-order valence-corrected chi connectivity index (χ2v) is 12.7. The normalized spacial score (nSPS) is 13.0. The van der Waals surface area contributed by atoms with Crippen molar-refractivity contribution in [1.29, 1.82) is 0 Å². The third-order valence-corrected chi connectivity index (χ3v) is 8.86. The van der Waals surface area contributed by atoms with E-state index in [2.05, 4.69) is 127 Å². The number of rotatable bonds is 3. The molecule has 0 fully saturated rings. The molecule has 0 spiro atoms. The first-order chi connectivity index (χ1) is 21.9. The number of hydrogen-bond acceptors (Lipinski definition) is 4. The van der Waals surface area contributed by atoms with Crippen LogP contribution in [0.5, 0.6) is 11.6 Å². The fourth-order valence-electron chi connectivity index (χ4n) is 6.68. The molecular formula is C38H28BN5OPt. The van der Waals surface area contributed by atoms with Crippen LogP contribution < -0.4 is 15.0 Å². The number of pyridine rings is 2. The first kappa shape index (κ1) is 28.6. The van der Waals surface area contributed by atoms with E-state index in [0.717, 1.165) is 61.4 Å². The zero-order chi connectivity index (χ0) is 30.3. The van der Waals surface area contributed by atoms with Crippen molar-refractivity contribution < 1.29 is 25.8 Å². The Labute approximate surface area is 282 Å². The van der Waals surface area contributed by atoms with Crippen molar-refractivity contribution in [2.45, 2.75) is 26.2 Å². The summed E-state index contributed by atoms with van der Waals surface area (Å²) in [7, 11) is 0. The molecule has 4 aromatic carbocycles. The Hall–Kier alpha value is -4.87. The van der Waals surface area contributed by atoms with Crippen LogP contribution in [0.3, 0.4) is 0 Å². The average Bonchev–Trinajstić information content (AvgIpc) is 3.61. The van der Waals surface area contributed by atoms with Gasteiger partial charge in [0.1, 0.15) is 5.82 Å². The molecule has 0 saturated heterocycles. The van der Waals surface area contributed by atoms with E-state index in [1.54, 1.807) is 0 Å². The van der Waals surface area contributed by atoms with Crippen molar-refractivity contribution in [3.63, 3.8) is 0 Å².